The Bertz CT molecular complexity index is 737. The third kappa shape index (κ3) is 4.46. The minimum Gasteiger partial charge on any atom is -0.378 e. The molecule has 1 N–H and O–H groups in total. The monoisotopic (exact) mass is 342 g/mol. The molecule has 1 aromatic carbocycles. The van der Waals surface area contributed by atoms with Crippen molar-refractivity contribution in [3.05, 3.63) is 57.5 Å². The third-order valence-corrected chi connectivity index (χ3v) is 4.68. The van der Waals surface area contributed by atoms with Crippen LogP contribution in [0.3, 0.4) is 0 Å². The lowest BCUT2D eigenvalue weighted by molar-refractivity contribution is 0.180. The van der Waals surface area contributed by atoms with Crippen molar-refractivity contribution in [2.45, 2.75) is 19.4 Å². The second kappa shape index (κ2) is 8.27. The number of piperazine rings is 1. The van der Waals surface area contributed by atoms with Crippen LogP contribution in [0.2, 0.25) is 0 Å². The van der Waals surface area contributed by atoms with E-state index in [2.05, 4.69) is 34.0 Å². The first-order chi connectivity index (χ1) is 12.2. The Morgan fingerprint density at radius 1 is 1.12 bits per heavy atom. The van der Waals surface area contributed by atoms with Gasteiger partial charge >= 0.3 is 0 Å². The van der Waals surface area contributed by atoms with Crippen LogP contribution in [0.1, 0.15) is 16.8 Å². The van der Waals surface area contributed by atoms with E-state index in [4.69, 9.17) is 9.72 Å². The zero-order valence-corrected chi connectivity index (χ0v) is 15.0. The van der Waals surface area contributed by atoms with Crippen LogP contribution in [-0.4, -0.2) is 55.2 Å². The van der Waals surface area contributed by atoms with Crippen LogP contribution >= 0.6 is 0 Å². The van der Waals surface area contributed by atoms with Gasteiger partial charge in [-0.1, -0.05) is 30.3 Å². The fourth-order valence-corrected chi connectivity index (χ4v) is 3.13. The Kier molecular flexibility index (Phi) is 5.83. The van der Waals surface area contributed by atoms with E-state index in [1.807, 2.05) is 18.2 Å². The van der Waals surface area contributed by atoms with Gasteiger partial charge in [-0.15, -0.1) is 0 Å². The van der Waals surface area contributed by atoms with Crippen LogP contribution in [-0.2, 0) is 24.2 Å². The molecule has 1 aromatic heterocycles. The van der Waals surface area contributed by atoms with E-state index in [0.29, 0.717) is 19.0 Å². The van der Waals surface area contributed by atoms with Crippen LogP contribution in [0.15, 0.2) is 35.1 Å². The number of hydrogen-bond donors (Lipinski definition) is 1. The summed E-state index contributed by atoms with van der Waals surface area (Å²) < 4.78 is 5.29. The zero-order valence-electron chi connectivity index (χ0n) is 15.0. The summed E-state index contributed by atoms with van der Waals surface area (Å²) >= 11 is 0. The Morgan fingerprint density at radius 3 is 2.52 bits per heavy atom. The van der Waals surface area contributed by atoms with E-state index < -0.39 is 0 Å². The molecule has 0 unspecified atom stereocenters. The number of H-pyrrole nitrogens is 1. The van der Waals surface area contributed by atoms with Crippen molar-refractivity contribution in [2.24, 2.45) is 0 Å². The molecule has 1 aliphatic rings. The van der Waals surface area contributed by atoms with Crippen molar-refractivity contribution >= 4 is 5.95 Å². The molecule has 0 aliphatic carbocycles. The van der Waals surface area contributed by atoms with Crippen LogP contribution in [0.25, 0.3) is 0 Å². The molecule has 0 amide bonds. The van der Waals surface area contributed by atoms with E-state index in [9.17, 15) is 4.79 Å². The number of aromatic amines is 1. The third-order valence-electron chi connectivity index (χ3n) is 4.68. The van der Waals surface area contributed by atoms with Crippen LogP contribution in [0.5, 0.6) is 0 Å². The normalized spacial score (nSPS) is 15.5. The molecule has 0 saturated carbocycles. The minimum absolute atomic E-state index is 0.0492. The highest BCUT2D eigenvalue weighted by molar-refractivity contribution is 5.34. The van der Waals surface area contributed by atoms with E-state index >= 15 is 0 Å². The average molecular weight is 342 g/mol. The summed E-state index contributed by atoms with van der Waals surface area (Å²) in [7, 11) is 3.75. The Hall–Kier alpha value is -2.18. The number of rotatable bonds is 6. The van der Waals surface area contributed by atoms with Crippen molar-refractivity contribution in [3.8, 4) is 0 Å². The molecular weight excluding hydrogens is 316 g/mol. The Morgan fingerprint density at radius 2 is 1.84 bits per heavy atom. The van der Waals surface area contributed by atoms with Crippen molar-refractivity contribution in [1.82, 2.24) is 14.9 Å². The predicted molar refractivity (Wildman–Crippen MR) is 99.1 cm³/mol. The zero-order chi connectivity index (χ0) is 17.6. The number of anilines is 1. The molecule has 0 atom stereocenters. The topological polar surface area (TPSA) is 61.5 Å². The summed E-state index contributed by atoms with van der Waals surface area (Å²) in [6.45, 7) is 4.04. The van der Waals surface area contributed by atoms with E-state index in [0.717, 1.165) is 43.9 Å². The number of hydrogen-bond acceptors (Lipinski definition) is 5. The molecule has 0 radical (unpaired) electrons. The SMILES string of the molecule is COCc1nc(N2CCN(C)CC2)[nH]c(=O)c1CCc1ccccc1. The molecule has 2 heterocycles. The van der Waals surface area contributed by atoms with E-state index in [1.165, 1.54) is 5.56 Å². The molecule has 6 nitrogen and oxygen atoms in total. The highest BCUT2D eigenvalue weighted by atomic mass is 16.5. The molecule has 25 heavy (non-hydrogen) atoms. The number of benzene rings is 1. The van der Waals surface area contributed by atoms with Crippen molar-refractivity contribution in [2.75, 3.05) is 45.2 Å². The van der Waals surface area contributed by atoms with Crippen LogP contribution < -0.4 is 10.5 Å². The second-order valence-electron chi connectivity index (χ2n) is 6.52. The van der Waals surface area contributed by atoms with Crippen molar-refractivity contribution in [3.63, 3.8) is 0 Å². The van der Waals surface area contributed by atoms with Gasteiger partial charge < -0.3 is 14.5 Å². The molecule has 6 heteroatoms. The molecule has 3 rings (SSSR count). The highest BCUT2D eigenvalue weighted by Gasteiger charge is 2.19. The van der Waals surface area contributed by atoms with Gasteiger partial charge in [-0.2, -0.15) is 0 Å². The number of nitrogens with one attached hydrogen (secondary N) is 1. The average Bonchev–Trinajstić information content (AvgIpc) is 2.62. The van der Waals surface area contributed by atoms with Gasteiger partial charge in [0.2, 0.25) is 5.95 Å². The smallest absolute Gasteiger partial charge is 0.255 e. The maximum absolute atomic E-state index is 12.7. The molecule has 1 fully saturated rings. The summed E-state index contributed by atoms with van der Waals surface area (Å²) in [6.07, 6.45) is 1.48. The second-order valence-corrected chi connectivity index (χ2v) is 6.52. The van der Waals surface area contributed by atoms with Gasteiger partial charge in [0.25, 0.3) is 5.56 Å². The number of aryl methyl sites for hydroxylation is 1. The van der Waals surface area contributed by atoms with Crippen molar-refractivity contribution < 1.29 is 4.74 Å². The fraction of sp³-hybridized carbons (Fsp3) is 0.474. The number of methoxy groups -OCH3 is 1. The standard InChI is InChI=1S/C19H26N4O2/c1-22-10-12-23(13-11-22)19-20-17(14-25-2)16(18(24)21-19)9-8-15-6-4-3-5-7-15/h3-7H,8-14H2,1-2H3,(H,20,21,24). The van der Waals surface area contributed by atoms with E-state index in [-0.39, 0.29) is 5.56 Å². The lowest BCUT2D eigenvalue weighted by atomic mass is 10.0. The fourth-order valence-electron chi connectivity index (χ4n) is 3.13. The highest BCUT2D eigenvalue weighted by Crippen LogP contribution is 2.14. The molecule has 134 valence electrons. The number of nitrogens with zero attached hydrogens (tertiary/aromatic N) is 3. The molecule has 1 aliphatic heterocycles. The van der Waals surface area contributed by atoms with Gasteiger partial charge in [0.15, 0.2) is 0 Å². The summed E-state index contributed by atoms with van der Waals surface area (Å²) in [5.74, 6) is 0.661. The molecule has 1 saturated heterocycles. The van der Waals surface area contributed by atoms with Gasteiger partial charge in [0.05, 0.1) is 12.3 Å². The Balaban J connectivity index is 1.81. The molecule has 0 bridgehead atoms. The summed E-state index contributed by atoms with van der Waals surface area (Å²) in [5, 5.41) is 0. The number of aromatic nitrogens is 2. The minimum atomic E-state index is -0.0492. The number of ether oxygens (including phenoxy) is 1. The van der Waals surface area contributed by atoms with Gasteiger partial charge in [-0.3, -0.25) is 9.78 Å². The predicted octanol–water partition coefficient (Wildman–Crippen LogP) is 1.45. The van der Waals surface area contributed by atoms with Gasteiger partial charge in [-0.25, -0.2) is 4.98 Å². The largest absolute Gasteiger partial charge is 0.378 e. The maximum Gasteiger partial charge on any atom is 0.255 e. The van der Waals surface area contributed by atoms with Gasteiger partial charge in [-0.05, 0) is 25.5 Å². The summed E-state index contributed by atoms with van der Waals surface area (Å²) in [4.78, 5) is 24.8. The lowest BCUT2D eigenvalue weighted by Crippen LogP contribution is -2.45. The summed E-state index contributed by atoms with van der Waals surface area (Å²) in [6, 6.07) is 10.2. The van der Waals surface area contributed by atoms with E-state index in [1.54, 1.807) is 7.11 Å². The quantitative estimate of drug-likeness (QED) is 0.861. The van der Waals surface area contributed by atoms with Crippen LogP contribution in [0.4, 0.5) is 5.95 Å². The summed E-state index contributed by atoms with van der Waals surface area (Å²) in [5.41, 5.74) is 2.64. The molecule has 0 spiro atoms. The maximum atomic E-state index is 12.7. The first kappa shape index (κ1) is 17.6. The Labute approximate surface area is 148 Å². The lowest BCUT2D eigenvalue weighted by Gasteiger charge is -2.33. The van der Waals surface area contributed by atoms with Crippen molar-refractivity contribution in [1.29, 1.82) is 0 Å². The van der Waals surface area contributed by atoms with Crippen LogP contribution in [0, 0.1) is 0 Å². The molecular formula is C19H26N4O2. The number of likely N-dealkylation sites (N-methyl/N-ethyl adjacent to an activating group) is 1. The molecule has 2 aromatic rings. The first-order valence-electron chi connectivity index (χ1n) is 8.76. The first-order valence-corrected chi connectivity index (χ1v) is 8.76. The van der Waals surface area contributed by atoms with Gasteiger partial charge in [0, 0.05) is 38.9 Å². The van der Waals surface area contributed by atoms with Gasteiger partial charge in [0.1, 0.15) is 0 Å².